The van der Waals surface area contributed by atoms with Gasteiger partial charge in [0.05, 0.1) is 6.04 Å². The lowest BCUT2D eigenvalue weighted by Crippen LogP contribution is -2.51. The average molecular weight is 818 g/mol. The summed E-state index contributed by atoms with van der Waals surface area (Å²) in [7, 11) is 0. The van der Waals surface area contributed by atoms with Crippen molar-refractivity contribution in [1.29, 1.82) is 0 Å². The highest BCUT2D eigenvalue weighted by Gasteiger charge is 2.28. The number of carbonyl (C=O) groups is 6. The summed E-state index contributed by atoms with van der Waals surface area (Å²) in [4.78, 5) is 77.5. The van der Waals surface area contributed by atoms with Gasteiger partial charge in [-0.3, -0.25) is 24.2 Å². The number of amides is 4. The van der Waals surface area contributed by atoms with Crippen LogP contribution in [0, 0.1) is 0 Å². The third kappa shape index (κ3) is 21.0. The molecule has 0 bridgehead atoms. The Labute approximate surface area is 348 Å². The Morgan fingerprint density at radius 2 is 1.05 bits per heavy atom. The maximum absolute atomic E-state index is 13.0. The zero-order valence-corrected chi connectivity index (χ0v) is 35.9. The Kier molecular flexibility index (Phi) is 20.2. The first-order chi connectivity index (χ1) is 27.6. The summed E-state index contributed by atoms with van der Waals surface area (Å²) in [6.07, 6.45) is 3.98. The van der Waals surface area contributed by atoms with E-state index in [9.17, 15) is 28.8 Å². The molecule has 0 fully saturated rings. The fourth-order valence-corrected chi connectivity index (χ4v) is 5.41. The molecule has 4 amide bonds. The predicted molar refractivity (Wildman–Crippen MR) is 226 cm³/mol. The summed E-state index contributed by atoms with van der Waals surface area (Å²) in [5, 5.41) is 19.3. The number of carboxylic acids is 1. The largest absolute Gasteiger partial charge is 0.480 e. The first-order valence-corrected chi connectivity index (χ1v) is 20.0. The van der Waals surface area contributed by atoms with Crippen LogP contribution in [-0.2, 0) is 54.3 Å². The van der Waals surface area contributed by atoms with Crippen molar-refractivity contribution in [2.45, 2.75) is 143 Å². The van der Waals surface area contributed by atoms with Gasteiger partial charge in [-0.1, -0.05) is 73.7 Å². The van der Waals surface area contributed by atoms with Gasteiger partial charge in [0.2, 0.25) is 11.8 Å². The summed E-state index contributed by atoms with van der Waals surface area (Å²) in [6.45, 7) is 15.5. The Bertz CT molecular complexity index is 1790. The van der Waals surface area contributed by atoms with Gasteiger partial charge in [-0.15, -0.1) is 0 Å². The Morgan fingerprint density at radius 3 is 1.42 bits per heavy atom. The number of pyridine rings is 1. The maximum Gasteiger partial charge on any atom is 0.408 e. The maximum atomic E-state index is 13.0. The van der Waals surface area contributed by atoms with Crippen LogP contribution < -0.4 is 21.3 Å². The second-order valence-corrected chi connectivity index (χ2v) is 16.2. The van der Waals surface area contributed by atoms with Crippen LogP contribution >= 0.6 is 0 Å². The molecule has 3 aromatic rings. The summed E-state index contributed by atoms with van der Waals surface area (Å²) in [6, 6.07) is 19.7. The minimum Gasteiger partial charge on any atom is -0.480 e. The van der Waals surface area contributed by atoms with Gasteiger partial charge in [0.15, 0.2) is 5.78 Å². The number of alkyl carbamates (subject to hydrolysis) is 2. The lowest BCUT2D eigenvalue weighted by atomic mass is 10.0. The van der Waals surface area contributed by atoms with E-state index in [4.69, 9.17) is 14.6 Å². The number of carbonyl (C=O) groups excluding carboxylic acids is 5. The second-order valence-electron chi connectivity index (χ2n) is 16.2. The van der Waals surface area contributed by atoms with Gasteiger partial charge in [0, 0.05) is 18.3 Å². The third-order valence-corrected chi connectivity index (χ3v) is 8.62. The molecule has 0 saturated carbocycles. The number of nitrogens with one attached hydrogen (secondary N) is 4. The first kappa shape index (κ1) is 49.4. The number of ether oxygens (including phenoxy) is 2. The van der Waals surface area contributed by atoms with E-state index >= 15 is 0 Å². The number of ketones is 1. The van der Waals surface area contributed by atoms with Crippen molar-refractivity contribution in [3.63, 3.8) is 0 Å². The van der Waals surface area contributed by atoms with Crippen molar-refractivity contribution in [3.8, 4) is 0 Å². The number of hydrogen-bond acceptors (Lipinski definition) is 9. The highest BCUT2D eigenvalue weighted by Crippen LogP contribution is 2.12. The molecule has 0 aliphatic carbocycles. The lowest BCUT2D eigenvalue weighted by molar-refractivity contribution is -0.141. The molecule has 5 N–H and O–H groups in total. The van der Waals surface area contributed by atoms with Crippen LogP contribution in [-0.4, -0.2) is 81.2 Å². The molecule has 0 saturated heterocycles. The molecule has 1 heterocycles. The summed E-state index contributed by atoms with van der Waals surface area (Å²) in [5.41, 5.74) is 2.68. The number of carboxylic acid groups (broad SMARTS) is 1. The van der Waals surface area contributed by atoms with Gasteiger partial charge in [0.25, 0.3) is 0 Å². The van der Waals surface area contributed by atoms with Gasteiger partial charge in [-0.2, -0.15) is 0 Å². The van der Waals surface area contributed by atoms with Crippen molar-refractivity contribution >= 4 is 35.8 Å². The van der Waals surface area contributed by atoms with E-state index in [1.165, 1.54) is 6.92 Å². The zero-order chi connectivity index (χ0) is 44.2. The molecule has 0 spiro atoms. The second kappa shape index (κ2) is 24.2. The molecule has 3 rings (SSSR count). The van der Waals surface area contributed by atoms with Crippen molar-refractivity contribution in [2.75, 3.05) is 0 Å². The van der Waals surface area contributed by atoms with Gasteiger partial charge < -0.3 is 35.8 Å². The van der Waals surface area contributed by atoms with Gasteiger partial charge in [-0.05, 0) is 117 Å². The van der Waals surface area contributed by atoms with Gasteiger partial charge in [-0.25, -0.2) is 9.59 Å². The number of benzene rings is 2. The Balaban J connectivity index is 0.000000427. The molecule has 0 aliphatic rings. The van der Waals surface area contributed by atoms with E-state index in [0.29, 0.717) is 38.5 Å². The average Bonchev–Trinajstić information content (AvgIpc) is 3.16. The summed E-state index contributed by atoms with van der Waals surface area (Å²) in [5.74, 6) is -2.19. The Hall–Kier alpha value is -5.79. The first-order valence-electron chi connectivity index (χ1n) is 20.0. The van der Waals surface area contributed by atoms with Crippen LogP contribution in [0.4, 0.5) is 9.59 Å². The Morgan fingerprint density at radius 1 is 0.610 bits per heavy atom. The number of Topliss-reactive ketones (excluding diaryl/α,β-unsaturated/α-hetero) is 1. The molecule has 0 unspecified atom stereocenters. The summed E-state index contributed by atoms with van der Waals surface area (Å²) < 4.78 is 10.5. The number of aliphatic carboxylic acids is 1. The number of hydrogen-bond donors (Lipinski definition) is 5. The fraction of sp³-hybridized carbons (Fsp3) is 0.489. The molecule has 322 valence electrons. The van der Waals surface area contributed by atoms with Crippen LogP contribution in [0.25, 0.3) is 0 Å². The molecule has 1 aromatic heterocycles. The molecule has 4 atom stereocenters. The molecule has 59 heavy (non-hydrogen) atoms. The highest BCUT2D eigenvalue weighted by atomic mass is 16.6. The minimum atomic E-state index is -1.15. The highest BCUT2D eigenvalue weighted by molar-refractivity contribution is 5.92. The standard InChI is InChI=1S/C27H37N3O4.C18H26N2O5/c1-6-22-15-12-21(18-28-22)14-17-24(31)19(2)29-25(32)23(30-26(33)34-27(3,4)5)16-13-20-10-8-7-9-11-20;1-12(16(22)23)19-15(21)14(20-17(24)25-18(2,3)4)11-10-13-8-6-5-7-9-13/h7-12,15,18-19,23H,6,13-14,16-17H2,1-5H3,(H,29,32)(H,30,33);5-9,12,14H,10-11H2,1-4H3,(H,19,21)(H,20,24)(H,22,23)/t19-,23+;12-,14+/m00/s1. The predicted octanol–water partition coefficient (Wildman–Crippen LogP) is 6.28. The van der Waals surface area contributed by atoms with Crippen molar-refractivity contribution in [3.05, 3.63) is 101 Å². The van der Waals surface area contributed by atoms with Crippen molar-refractivity contribution in [2.24, 2.45) is 0 Å². The smallest absolute Gasteiger partial charge is 0.408 e. The molecule has 0 radical (unpaired) electrons. The quantitative estimate of drug-likeness (QED) is 0.0973. The molecule has 0 aliphatic heterocycles. The SMILES string of the molecule is CCc1ccc(CCC(=O)[C@H](C)NC(=O)[C@@H](CCc2ccccc2)NC(=O)OC(C)(C)C)cn1.C[C@H](NC(=O)[C@@H](CCc1ccccc1)NC(=O)OC(C)(C)C)C(=O)O. The van der Waals surface area contributed by atoms with E-state index in [-0.39, 0.29) is 5.78 Å². The lowest BCUT2D eigenvalue weighted by Gasteiger charge is -2.24. The molecule has 14 heteroatoms. The third-order valence-electron chi connectivity index (χ3n) is 8.62. The van der Waals surface area contributed by atoms with Gasteiger partial charge in [0.1, 0.15) is 29.3 Å². The minimum absolute atomic E-state index is 0.0769. The van der Waals surface area contributed by atoms with E-state index in [1.54, 1.807) is 54.7 Å². The number of aromatic nitrogens is 1. The van der Waals surface area contributed by atoms with Crippen LogP contribution in [0.5, 0.6) is 0 Å². The number of aryl methyl sites for hydroxylation is 4. The molecule has 14 nitrogen and oxygen atoms in total. The van der Waals surface area contributed by atoms with Crippen LogP contribution in [0.1, 0.15) is 104 Å². The van der Waals surface area contributed by atoms with Crippen LogP contribution in [0.2, 0.25) is 0 Å². The normalized spacial score (nSPS) is 13.2. The van der Waals surface area contributed by atoms with Crippen molar-refractivity contribution < 1.29 is 43.3 Å². The van der Waals surface area contributed by atoms with E-state index < -0.39 is 65.3 Å². The van der Waals surface area contributed by atoms with Gasteiger partial charge >= 0.3 is 18.2 Å². The molecule has 2 aromatic carbocycles. The summed E-state index contributed by atoms with van der Waals surface area (Å²) >= 11 is 0. The fourth-order valence-electron chi connectivity index (χ4n) is 5.41. The van der Waals surface area contributed by atoms with E-state index in [2.05, 4.69) is 26.3 Å². The van der Waals surface area contributed by atoms with Crippen LogP contribution in [0.15, 0.2) is 79.0 Å². The monoisotopic (exact) mass is 817 g/mol. The van der Waals surface area contributed by atoms with Crippen LogP contribution in [0.3, 0.4) is 0 Å². The number of nitrogens with zero attached hydrogens (tertiary/aromatic N) is 1. The number of rotatable bonds is 18. The van der Waals surface area contributed by atoms with E-state index in [0.717, 1.165) is 28.8 Å². The molecular weight excluding hydrogens is 755 g/mol. The van der Waals surface area contributed by atoms with Crippen molar-refractivity contribution in [1.82, 2.24) is 26.3 Å². The van der Waals surface area contributed by atoms with E-state index in [1.807, 2.05) is 79.7 Å². The molecular formula is C45H63N5O9. The zero-order valence-electron chi connectivity index (χ0n) is 35.9. The topological polar surface area (TPSA) is 202 Å².